The lowest BCUT2D eigenvalue weighted by Gasteiger charge is -2.20. The van der Waals surface area contributed by atoms with Crippen LogP contribution < -0.4 is 0 Å². The summed E-state index contributed by atoms with van der Waals surface area (Å²) in [5.74, 6) is -1.25. The van der Waals surface area contributed by atoms with Gasteiger partial charge in [0.2, 0.25) is 10.0 Å². The molecule has 1 aliphatic heterocycles. The number of azide groups is 1. The number of hydrogen-bond donors (Lipinski definition) is 1. The molecule has 106 valence electrons. The molecule has 0 bridgehead atoms. The van der Waals surface area contributed by atoms with Crippen LogP contribution in [0.2, 0.25) is 0 Å². The van der Waals surface area contributed by atoms with Crippen molar-refractivity contribution in [3.63, 3.8) is 0 Å². The van der Waals surface area contributed by atoms with Crippen LogP contribution in [0.25, 0.3) is 10.4 Å². The van der Waals surface area contributed by atoms with E-state index < -0.39 is 28.1 Å². The predicted molar refractivity (Wildman–Crippen MR) is 69.3 cm³/mol. The average Bonchev–Trinajstić information content (AvgIpc) is 2.85. The van der Waals surface area contributed by atoms with Gasteiger partial charge in [-0.1, -0.05) is 23.3 Å². The highest BCUT2D eigenvalue weighted by atomic mass is 32.2. The van der Waals surface area contributed by atoms with Gasteiger partial charge in [0, 0.05) is 11.5 Å². The minimum atomic E-state index is -3.91. The largest absolute Gasteiger partial charge is 0.480 e. The quantitative estimate of drug-likeness (QED) is 0.509. The minimum Gasteiger partial charge on any atom is -0.480 e. The summed E-state index contributed by atoms with van der Waals surface area (Å²) >= 11 is 0. The molecule has 20 heavy (non-hydrogen) atoms. The molecule has 9 heteroatoms. The molecular weight excluding hydrogens is 284 g/mol. The molecule has 1 aliphatic rings. The third-order valence-electron chi connectivity index (χ3n) is 3.08. The third-order valence-corrected chi connectivity index (χ3v) is 4.97. The fourth-order valence-electron chi connectivity index (χ4n) is 2.16. The Hall–Kier alpha value is -2.09. The third kappa shape index (κ3) is 2.60. The van der Waals surface area contributed by atoms with Gasteiger partial charge in [0.05, 0.1) is 10.9 Å². The molecule has 0 aromatic heterocycles. The smallest absolute Gasteiger partial charge is 0.322 e. The van der Waals surface area contributed by atoms with Crippen molar-refractivity contribution in [1.29, 1.82) is 0 Å². The second-order valence-electron chi connectivity index (χ2n) is 4.34. The van der Waals surface area contributed by atoms with E-state index in [1.807, 2.05) is 0 Å². The Morgan fingerprint density at radius 1 is 1.40 bits per heavy atom. The molecule has 0 aliphatic carbocycles. The van der Waals surface area contributed by atoms with Crippen LogP contribution in [0.4, 0.5) is 0 Å². The van der Waals surface area contributed by atoms with Crippen LogP contribution >= 0.6 is 0 Å². The lowest BCUT2D eigenvalue weighted by molar-refractivity contribution is -0.140. The van der Waals surface area contributed by atoms with Gasteiger partial charge in [0.15, 0.2) is 0 Å². The molecule has 0 amide bonds. The van der Waals surface area contributed by atoms with Crippen LogP contribution in [-0.4, -0.2) is 42.4 Å². The van der Waals surface area contributed by atoms with E-state index in [2.05, 4.69) is 10.0 Å². The van der Waals surface area contributed by atoms with Gasteiger partial charge in [-0.05, 0) is 24.1 Å². The summed E-state index contributed by atoms with van der Waals surface area (Å²) in [6.07, 6.45) is -0.0224. The summed E-state index contributed by atoms with van der Waals surface area (Å²) in [6.45, 7) is -0.127. The molecule has 1 aromatic carbocycles. The fourth-order valence-corrected chi connectivity index (χ4v) is 3.81. The maximum atomic E-state index is 12.4. The highest BCUT2D eigenvalue weighted by molar-refractivity contribution is 7.89. The summed E-state index contributed by atoms with van der Waals surface area (Å²) in [5, 5.41) is 12.6. The highest BCUT2D eigenvalue weighted by Gasteiger charge is 2.43. The maximum Gasteiger partial charge on any atom is 0.322 e. The number of aliphatic carboxylic acids is 1. The molecule has 1 saturated heterocycles. The van der Waals surface area contributed by atoms with E-state index in [9.17, 15) is 13.2 Å². The van der Waals surface area contributed by atoms with Gasteiger partial charge in [0.25, 0.3) is 0 Å². The molecule has 2 atom stereocenters. The Morgan fingerprint density at radius 2 is 2.05 bits per heavy atom. The molecule has 0 spiro atoms. The Bertz CT molecular complexity index is 654. The second-order valence-corrected chi connectivity index (χ2v) is 6.23. The summed E-state index contributed by atoms with van der Waals surface area (Å²) in [4.78, 5) is 13.8. The first-order valence-corrected chi connectivity index (χ1v) is 7.24. The van der Waals surface area contributed by atoms with Gasteiger partial charge in [0.1, 0.15) is 6.04 Å². The molecular formula is C11H12N4O4S. The van der Waals surface area contributed by atoms with Crippen LogP contribution in [0.15, 0.2) is 40.3 Å². The molecule has 8 nitrogen and oxygen atoms in total. The fraction of sp³-hybridized carbons (Fsp3) is 0.364. The number of carbonyl (C=O) groups is 1. The SMILES string of the molecule is [N-]=[N+]=N[C@@H]1C[C@@H](C(=O)O)N(S(=O)(=O)c2ccccc2)C1. The highest BCUT2D eigenvalue weighted by Crippen LogP contribution is 2.28. The van der Waals surface area contributed by atoms with Crippen LogP contribution in [0.5, 0.6) is 0 Å². The van der Waals surface area contributed by atoms with Crippen LogP contribution in [0.3, 0.4) is 0 Å². The number of benzene rings is 1. The number of sulfonamides is 1. The molecule has 1 heterocycles. The van der Waals surface area contributed by atoms with E-state index in [0.29, 0.717) is 0 Å². The zero-order valence-electron chi connectivity index (χ0n) is 10.3. The summed E-state index contributed by atoms with van der Waals surface area (Å²) in [6, 6.07) is 5.70. The molecule has 2 rings (SSSR count). The summed E-state index contributed by atoms with van der Waals surface area (Å²) < 4.78 is 25.7. The molecule has 1 aromatic rings. The van der Waals surface area contributed by atoms with Crippen molar-refractivity contribution in [2.75, 3.05) is 6.54 Å². The van der Waals surface area contributed by atoms with Crippen molar-refractivity contribution in [2.45, 2.75) is 23.4 Å². The lowest BCUT2D eigenvalue weighted by Crippen LogP contribution is -2.40. The Labute approximate surface area is 115 Å². The van der Waals surface area contributed by atoms with Gasteiger partial charge < -0.3 is 5.11 Å². The van der Waals surface area contributed by atoms with Crippen molar-refractivity contribution >= 4 is 16.0 Å². The zero-order chi connectivity index (χ0) is 14.8. The number of rotatable bonds is 4. The monoisotopic (exact) mass is 296 g/mol. The van der Waals surface area contributed by atoms with Crippen LogP contribution in [0, 0.1) is 0 Å². The Morgan fingerprint density at radius 3 is 2.60 bits per heavy atom. The van der Waals surface area contributed by atoms with Crippen LogP contribution in [-0.2, 0) is 14.8 Å². The topological polar surface area (TPSA) is 123 Å². The second kappa shape index (κ2) is 5.49. The van der Waals surface area contributed by atoms with Crippen molar-refractivity contribution < 1.29 is 18.3 Å². The van der Waals surface area contributed by atoms with E-state index in [0.717, 1.165) is 4.31 Å². The first-order chi connectivity index (χ1) is 9.46. The number of nitrogens with zero attached hydrogens (tertiary/aromatic N) is 4. The van der Waals surface area contributed by atoms with E-state index in [4.69, 9.17) is 10.6 Å². The number of carboxylic acid groups (broad SMARTS) is 1. The van der Waals surface area contributed by atoms with Gasteiger partial charge in [-0.3, -0.25) is 4.79 Å². The molecule has 0 radical (unpaired) electrons. The Kier molecular flexibility index (Phi) is 3.93. The number of carboxylic acids is 1. The van der Waals surface area contributed by atoms with E-state index in [1.165, 1.54) is 12.1 Å². The lowest BCUT2D eigenvalue weighted by atomic mass is 10.2. The normalized spacial score (nSPS) is 23.2. The Balaban J connectivity index is 2.39. The van der Waals surface area contributed by atoms with Crippen molar-refractivity contribution in [3.05, 3.63) is 40.8 Å². The molecule has 1 fully saturated rings. The average molecular weight is 296 g/mol. The summed E-state index contributed by atoms with van der Waals surface area (Å²) in [7, 11) is -3.91. The molecule has 0 unspecified atom stereocenters. The van der Waals surface area contributed by atoms with Crippen molar-refractivity contribution in [1.82, 2.24) is 4.31 Å². The van der Waals surface area contributed by atoms with Gasteiger partial charge in [-0.25, -0.2) is 8.42 Å². The van der Waals surface area contributed by atoms with Gasteiger partial charge in [-0.2, -0.15) is 4.31 Å². The standard InChI is InChI=1S/C11H12N4O4S/c12-14-13-8-6-10(11(16)17)15(7-8)20(18,19)9-4-2-1-3-5-9/h1-5,8,10H,6-7H2,(H,16,17)/t8-,10+/m1/s1. The maximum absolute atomic E-state index is 12.4. The van der Waals surface area contributed by atoms with Gasteiger partial charge >= 0.3 is 5.97 Å². The first kappa shape index (κ1) is 14.3. The molecule has 0 saturated carbocycles. The number of hydrogen-bond acceptors (Lipinski definition) is 4. The van der Waals surface area contributed by atoms with E-state index in [-0.39, 0.29) is 17.9 Å². The first-order valence-electron chi connectivity index (χ1n) is 5.80. The zero-order valence-corrected chi connectivity index (χ0v) is 11.1. The van der Waals surface area contributed by atoms with Crippen molar-refractivity contribution in [2.24, 2.45) is 5.11 Å². The van der Waals surface area contributed by atoms with Gasteiger partial charge in [-0.15, -0.1) is 0 Å². The van der Waals surface area contributed by atoms with E-state index >= 15 is 0 Å². The minimum absolute atomic E-state index is 0.0211. The predicted octanol–water partition coefficient (Wildman–Crippen LogP) is 1.21. The van der Waals surface area contributed by atoms with Crippen molar-refractivity contribution in [3.8, 4) is 0 Å². The van der Waals surface area contributed by atoms with Crippen LogP contribution in [0.1, 0.15) is 6.42 Å². The van der Waals surface area contributed by atoms with E-state index in [1.54, 1.807) is 18.2 Å². The molecule has 1 N–H and O–H groups in total. The summed E-state index contributed by atoms with van der Waals surface area (Å²) in [5.41, 5.74) is 8.40.